The molecule has 0 rings (SSSR count). The lowest BCUT2D eigenvalue weighted by molar-refractivity contribution is -0.167. The van der Waals surface area contributed by atoms with Crippen molar-refractivity contribution in [3.63, 3.8) is 0 Å². The number of hydrogen-bond acceptors (Lipinski definition) is 6. The monoisotopic (exact) mass is 1090 g/mol. The zero-order chi connectivity index (χ0) is 57.1. The van der Waals surface area contributed by atoms with Gasteiger partial charge in [-0.3, -0.25) is 14.4 Å². The van der Waals surface area contributed by atoms with Crippen LogP contribution in [-0.4, -0.2) is 37.2 Å². The molecular weight excluding hydrogens is 973 g/mol. The normalized spacial score (nSPS) is 13.0. The zero-order valence-corrected chi connectivity index (χ0v) is 51.3. The third-order valence-electron chi connectivity index (χ3n) is 13.6. The van der Waals surface area contributed by atoms with Gasteiger partial charge in [-0.1, -0.05) is 276 Å². The van der Waals surface area contributed by atoms with Crippen LogP contribution in [0, 0.1) is 0 Å². The Morgan fingerprint density at radius 2 is 0.506 bits per heavy atom. The number of allylic oxidation sites excluding steroid dienone is 22. The first-order valence-electron chi connectivity index (χ1n) is 32.7. The Labute approximate surface area is 487 Å². The lowest BCUT2D eigenvalue weighted by Crippen LogP contribution is -2.30. The van der Waals surface area contributed by atoms with Gasteiger partial charge in [-0.15, -0.1) is 0 Å². The minimum Gasteiger partial charge on any atom is -0.462 e. The van der Waals surface area contributed by atoms with Gasteiger partial charge < -0.3 is 14.2 Å². The van der Waals surface area contributed by atoms with Crippen LogP contribution in [0.4, 0.5) is 0 Å². The minimum atomic E-state index is -0.816. The van der Waals surface area contributed by atoms with Crippen molar-refractivity contribution in [2.45, 2.75) is 297 Å². The molecule has 0 aromatic carbocycles. The van der Waals surface area contributed by atoms with E-state index in [0.29, 0.717) is 19.3 Å². The van der Waals surface area contributed by atoms with E-state index < -0.39 is 6.10 Å². The van der Waals surface area contributed by atoms with Crippen molar-refractivity contribution in [2.75, 3.05) is 13.2 Å². The molecule has 0 aliphatic heterocycles. The summed E-state index contributed by atoms with van der Waals surface area (Å²) in [7, 11) is 0. The van der Waals surface area contributed by atoms with Gasteiger partial charge in [0, 0.05) is 19.3 Å². The molecule has 0 heterocycles. The maximum absolute atomic E-state index is 12.9. The van der Waals surface area contributed by atoms with Crippen molar-refractivity contribution in [3.05, 3.63) is 134 Å². The molecule has 0 spiro atoms. The minimum absolute atomic E-state index is 0.106. The number of ether oxygens (including phenoxy) is 3. The van der Waals surface area contributed by atoms with Crippen molar-refractivity contribution in [1.82, 2.24) is 0 Å². The van der Waals surface area contributed by atoms with Crippen molar-refractivity contribution >= 4 is 17.9 Å². The zero-order valence-electron chi connectivity index (χ0n) is 51.3. The van der Waals surface area contributed by atoms with E-state index in [-0.39, 0.29) is 37.5 Å². The van der Waals surface area contributed by atoms with Crippen LogP contribution in [0.5, 0.6) is 0 Å². The van der Waals surface area contributed by atoms with Gasteiger partial charge in [0.05, 0.1) is 0 Å². The highest BCUT2D eigenvalue weighted by molar-refractivity contribution is 5.71. The molecular formula is C73H120O6. The molecule has 0 aromatic heterocycles. The Kier molecular flexibility index (Phi) is 62.3. The second-order valence-corrected chi connectivity index (χ2v) is 21.3. The first kappa shape index (κ1) is 74.5. The number of esters is 3. The van der Waals surface area contributed by atoms with Crippen molar-refractivity contribution in [3.8, 4) is 0 Å². The molecule has 0 aliphatic rings. The molecule has 79 heavy (non-hydrogen) atoms. The molecule has 0 radical (unpaired) electrons. The van der Waals surface area contributed by atoms with Crippen LogP contribution in [0.25, 0.3) is 0 Å². The highest BCUT2D eigenvalue weighted by atomic mass is 16.6. The van der Waals surface area contributed by atoms with E-state index in [1.165, 1.54) is 135 Å². The van der Waals surface area contributed by atoms with E-state index in [9.17, 15) is 14.4 Å². The standard InChI is InChI=1S/C73H120O6/c1-4-7-10-13-16-19-22-25-28-31-32-33-34-35-36-37-38-39-40-43-45-48-51-54-57-60-63-66-72(75)78-69-70(79-73(76)67-64-61-58-55-52-49-46-42-30-27-24-21-18-15-12-9-6-3)68-77-71(74)65-62-59-56-53-50-47-44-41-29-26-23-20-17-14-11-8-5-2/h7,9-10,12,16,18-19,21,25-30,32-33,35-36,46,49,55,58,70H,4-6,8,11,13-15,17,20,22-24,31,34,37-45,47-48,50-54,56-57,59-69H2,1-3H3/b10-7-,12-9-,19-16-,21-18-,28-25-,29-26-,30-27-,33-32-,36-35-,49-46-,58-55-. The number of unbranched alkanes of at least 4 members (excludes halogenated alkanes) is 25. The summed E-state index contributed by atoms with van der Waals surface area (Å²) in [5.74, 6) is -0.968. The van der Waals surface area contributed by atoms with Crippen molar-refractivity contribution in [2.24, 2.45) is 0 Å². The van der Waals surface area contributed by atoms with Crippen LogP contribution in [0.1, 0.15) is 290 Å². The summed E-state index contributed by atoms with van der Waals surface area (Å²) in [6, 6.07) is 0. The first-order valence-corrected chi connectivity index (χ1v) is 32.7. The van der Waals surface area contributed by atoms with Gasteiger partial charge >= 0.3 is 17.9 Å². The average Bonchev–Trinajstić information content (AvgIpc) is 3.45. The molecule has 0 saturated carbocycles. The van der Waals surface area contributed by atoms with Crippen LogP contribution in [0.15, 0.2) is 134 Å². The number of hydrogen-bond donors (Lipinski definition) is 0. The Morgan fingerprint density at radius 1 is 0.266 bits per heavy atom. The van der Waals surface area contributed by atoms with E-state index in [1.54, 1.807) is 0 Å². The Morgan fingerprint density at radius 3 is 0.823 bits per heavy atom. The maximum atomic E-state index is 12.9. The molecule has 0 fully saturated rings. The van der Waals surface area contributed by atoms with E-state index in [2.05, 4.69) is 154 Å². The summed E-state index contributed by atoms with van der Waals surface area (Å²) < 4.78 is 16.9. The van der Waals surface area contributed by atoms with Crippen LogP contribution in [0.2, 0.25) is 0 Å². The molecule has 0 aromatic rings. The molecule has 448 valence electrons. The fraction of sp³-hybridized carbons (Fsp3) is 0.658. The van der Waals surface area contributed by atoms with Crippen molar-refractivity contribution in [1.29, 1.82) is 0 Å². The van der Waals surface area contributed by atoms with Gasteiger partial charge in [0.15, 0.2) is 6.10 Å². The van der Waals surface area contributed by atoms with Crippen LogP contribution in [-0.2, 0) is 28.6 Å². The molecule has 0 N–H and O–H groups in total. The fourth-order valence-electron chi connectivity index (χ4n) is 8.79. The maximum Gasteiger partial charge on any atom is 0.306 e. The predicted molar refractivity (Wildman–Crippen MR) is 343 cm³/mol. The molecule has 0 amide bonds. The number of rotatable bonds is 58. The number of carbonyl (C=O) groups excluding carboxylic acids is 3. The van der Waals surface area contributed by atoms with Crippen LogP contribution >= 0.6 is 0 Å². The molecule has 0 bridgehead atoms. The van der Waals surface area contributed by atoms with Gasteiger partial charge in [0.25, 0.3) is 0 Å². The van der Waals surface area contributed by atoms with Gasteiger partial charge in [-0.05, 0) is 128 Å². The van der Waals surface area contributed by atoms with Crippen LogP contribution in [0.3, 0.4) is 0 Å². The van der Waals surface area contributed by atoms with E-state index in [1.807, 2.05) is 0 Å². The number of carbonyl (C=O) groups is 3. The second kappa shape index (κ2) is 66.1. The summed E-state index contributed by atoms with van der Waals surface area (Å²) >= 11 is 0. The molecule has 1 atom stereocenters. The average molecular weight is 1090 g/mol. The Hall–Kier alpha value is -4.45. The highest BCUT2D eigenvalue weighted by Crippen LogP contribution is 2.15. The van der Waals surface area contributed by atoms with Gasteiger partial charge in [0.2, 0.25) is 0 Å². The van der Waals surface area contributed by atoms with Crippen LogP contribution < -0.4 is 0 Å². The van der Waals surface area contributed by atoms with Gasteiger partial charge in [0.1, 0.15) is 13.2 Å². The SMILES string of the molecule is CC/C=C\C/C=C\C/C=C\C/C=C\C/C=C\CCCCCCCCCCCCCC(=O)OCC(COC(=O)CCCCCCCCC/C=C\CCCCCCCC)OC(=O)CCC/C=C\C/C=C\C/C=C\C/C=C\C/C=C\CC. The van der Waals surface area contributed by atoms with E-state index in [0.717, 1.165) is 109 Å². The topological polar surface area (TPSA) is 78.9 Å². The molecule has 0 saturated heterocycles. The van der Waals surface area contributed by atoms with E-state index in [4.69, 9.17) is 14.2 Å². The quantitative estimate of drug-likeness (QED) is 0.0261. The molecule has 6 nitrogen and oxygen atoms in total. The third kappa shape index (κ3) is 64.3. The Bertz CT molecular complexity index is 1680. The third-order valence-corrected chi connectivity index (χ3v) is 13.6. The Balaban J connectivity index is 4.41. The van der Waals surface area contributed by atoms with Crippen molar-refractivity contribution < 1.29 is 28.6 Å². The predicted octanol–water partition coefficient (Wildman–Crippen LogP) is 22.5. The lowest BCUT2D eigenvalue weighted by atomic mass is 10.0. The fourth-order valence-corrected chi connectivity index (χ4v) is 8.79. The second-order valence-electron chi connectivity index (χ2n) is 21.3. The van der Waals surface area contributed by atoms with Gasteiger partial charge in [-0.25, -0.2) is 0 Å². The summed E-state index contributed by atoms with van der Waals surface area (Å²) in [5.41, 5.74) is 0. The molecule has 1 unspecified atom stereocenters. The summed E-state index contributed by atoms with van der Waals surface area (Å²) in [6.45, 7) is 6.37. The lowest BCUT2D eigenvalue weighted by Gasteiger charge is -2.18. The van der Waals surface area contributed by atoms with Gasteiger partial charge in [-0.2, -0.15) is 0 Å². The first-order chi connectivity index (χ1) is 39.0. The largest absolute Gasteiger partial charge is 0.462 e. The summed E-state index contributed by atoms with van der Waals surface area (Å²) in [5, 5.41) is 0. The summed E-state index contributed by atoms with van der Waals surface area (Å²) in [6.07, 6.45) is 93.2. The van der Waals surface area contributed by atoms with E-state index >= 15 is 0 Å². The smallest absolute Gasteiger partial charge is 0.306 e. The summed E-state index contributed by atoms with van der Waals surface area (Å²) in [4.78, 5) is 38.3. The molecule has 0 aliphatic carbocycles. The highest BCUT2D eigenvalue weighted by Gasteiger charge is 2.19. The molecule has 6 heteroatoms.